The van der Waals surface area contributed by atoms with E-state index in [2.05, 4.69) is 5.32 Å². The van der Waals surface area contributed by atoms with Crippen molar-refractivity contribution in [2.24, 2.45) is 0 Å². The third kappa shape index (κ3) is 5.40. The summed E-state index contributed by atoms with van der Waals surface area (Å²) < 4.78 is 23.6. The van der Waals surface area contributed by atoms with Gasteiger partial charge in [0.05, 0.1) is 18.5 Å². The van der Waals surface area contributed by atoms with Gasteiger partial charge in [-0.15, -0.1) is 0 Å². The van der Waals surface area contributed by atoms with Crippen LogP contribution >= 0.6 is 11.6 Å². The number of rotatable bonds is 7. The van der Waals surface area contributed by atoms with Gasteiger partial charge in [-0.25, -0.2) is 0 Å². The van der Waals surface area contributed by atoms with Crippen LogP contribution in [-0.4, -0.2) is 30.0 Å². The molecule has 148 valence electrons. The highest BCUT2D eigenvalue weighted by Gasteiger charge is 2.21. The molecule has 2 aromatic rings. The molecule has 2 aromatic carbocycles. The molecule has 1 amide bonds. The van der Waals surface area contributed by atoms with Crippen LogP contribution < -0.4 is 10.1 Å². The molecule has 8 nitrogen and oxygen atoms in total. The molecule has 1 N–H and O–H groups in total. The van der Waals surface area contributed by atoms with Gasteiger partial charge in [-0.05, 0) is 37.3 Å². The normalized spacial score (nSPS) is 11.4. The highest BCUT2D eigenvalue weighted by Crippen LogP contribution is 2.24. The van der Waals surface area contributed by atoms with Gasteiger partial charge in [0.25, 0.3) is 5.91 Å². The van der Waals surface area contributed by atoms with E-state index in [9.17, 15) is 24.1 Å². The number of esters is 1. The number of amides is 1. The van der Waals surface area contributed by atoms with Gasteiger partial charge in [0, 0.05) is 22.3 Å². The van der Waals surface area contributed by atoms with Crippen LogP contribution in [0.4, 0.5) is 15.8 Å². The Labute approximate surface area is 164 Å². The highest BCUT2D eigenvalue weighted by atomic mass is 35.5. The summed E-state index contributed by atoms with van der Waals surface area (Å²) in [6, 6.07) is 7.64. The minimum absolute atomic E-state index is 0.00231. The monoisotopic (exact) mass is 410 g/mol. The summed E-state index contributed by atoms with van der Waals surface area (Å²) in [7, 11) is 1.44. The van der Waals surface area contributed by atoms with Gasteiger partial charge in [-0.1, -0.05) is 11.6 Å². The van der Waals surface area contributed by atoms with Crippen molar-refractivity contribution in [1.29, 1.82) is 0 Å². The van der Waals surface area contributed by atoms with E-state index in [1.165, 1.54) is 14.0 Å². The Bertz CT molecular complexity index is 921. The summed E-state index contributed by atoms with van der Waals surface area (Å²) in [4.78, 5) is 34.1. The Morgan fingerprint density at radius 1 is 1.29 bits per heavy atom. The lowest BCUT2D eigenvalue weighted by atomic mass is 10.1. The second kappa shape index (κ2) is 9.14. The van der Waals surface area contributed by atoms with Gasteiger partial charge < -0.3 is 14.8 Å². The van der Waals surface area contributed by atoms with Crippen molar-refractivity contribution in [3.63, 3.8) is 0 Å². The van der Waals surface area contributed by atoms with Crippen LogP contribution in [0.3, 0.4) is 0 Å². The molecule has 0 aliphatic rings. The number of hydrogen-bond acceptors (Lipinski definition) is 6. The van der Waals surface area contributed by atoms with Gasteiger partial charge >= 0.3 is 11.7 Å². The maximum atomic E-state index is 13.3. The first-order chi connectivity index (χ1) is 13.2. The third-order valence-electron chi connectivity index (χ3n) is 3.67. The average Bonchev–Trinajstić information content (AvgIpc) is 2.63. The van der Waals surface area contributed by atoms with Crippen molar-refractivity contribution in [3.8, 4) is 5.75 Å². The van der Waals surface area contributed by atoms with Crippen LogP contribution in [0.2, 0.25) is 5.02 Å². The van der Waals surface area contributed by atoms with Crippen LogP contribution in [0, 0.1) is 15.9 Å². The number of carbonyl (C=O) groups excluding carboxylic acids is 2. The molecular formula is C18H16ClFN2O6. The van der Waals surface area contributed by atoms with Crippen LogP contribution in [0.1, 0.15) is 12.5 Å². The quantitative estimate of drug-likeness (QED) is 0.425. The van der Waals surface area contributed by atoms with E-state index >= 15 is 0 Å². The molecule has 0 aliphatic carbocycles. The lowest BCUT2D eigenvalue weighted by Gasteiger charge is -2.14. The van der Waals surface area contributed by atoms with Crippen LogP contribution in [0.15, 0.2) is 36.4 Å². The summed E-state index contributed by atoms with van der Waals surface area (Å²) in [6.45, 7) is 1.33. The fraction of sp³-hybridized carbons (Fsp3) is 0.222. The summed E-state index contributed by atoms with van der Waals surface area (Å²) in [5.41, 5.74) is -0.297. The average molecular weight is 411 g/mol. The van der Waals surface area contributed by atoms with E-state index in [0.29, 0.717) is 16.3 Å². The highest BCUT2D eigenvalue weighted by molar-refractivity contribution is 6.30. The van der Waals surface area contributed by atoms with Crippen LogP contribution in [0.5, 0.6) is 5.75 Å². The fourth-order valence-electron chi connectivity index (χ4n) is 2.31. The standard InChI is InChI=1S/C18H16ClFN2O6/c1-10(18(24)21-13-4-5-14(20)15(9-13)22(25)26)28-17(23)8-11-7-12(19)3-6-16(11)27-2/h3-7,9-10H,8H2,1-2H3,(H,21,24)/t10-/m0/s1. The Hall–Kier alpha value is -3.20. The zero-order chi connectivity index (χ0) is 20.8. The molecule has 0 saturated carbocycles. The number of nitrogens with zero attached hydrogens (tertiary/aromatic N) is 1. The van der Waals surface area contributed by atoms with E-state index in [0.717, 1.165) is 18.2 Å². The van der Waals surface area contributed by atoms with Gasteiger partial charge in [0.15, 0.2) is 6.10 Å². The number of benzene rings is 2. The molecule has 0 radical (unpaired) electrons. The number of anilines is 1. The largest absolute Gasteiger partial charge is 0.496 e. The Morgan fingerprint density at radius 2 is 2.00 bits per heavy atom. The molecule has 0 saturated heterocycles. The first-order valence-corrected chi connectivity index (χ1v) is 8.35. The maximum absolute atomic E-state index is 13.3. The molecule has 0 unspecified atom stereocenters. The minimum atomic E-state index is -1.19. The van der Waals surface area contributed by atoms with Crippen LogP contribution in [-0.2, 0) is 20.7 Å². The Kier molecular flexibility index (Phi) is 6.89. The van der Waals surface area contributed by atoms with Crippen molar-refractivity contribution in [2.45, 2.75) is 19.4 Å². The molecule has 28 heavy (non-hydrogen) atoms. The molecule has 0 fully saturated rings. The van der Waals surface area contributed by atoms with Crippen LogP contribution in [0.25, 0.3) is 0 Å². The molecule has 0 aromatic heterocycles. The van der Waals surface area contributed by atoms with E-state index in [1.807, 2.05) is 0 Å². The third-order valence-corrected chi connectivity index (χ3v) is 3.90. The van der Waals surface area contributed by atoms with E-state index in [4.69, 9.17) is 21.1 Å². The molecule has 0 aliphatic heterocycles. The van der Waals surface area contributed by atoms with E-state index in [1.54, 1.807) is 18.2 Å². The molecule has 0 bridgehead atoms. The molecule has 10 heteroatoms. The maximum Gasteiger partial charge on any atom is 0.311 e. The predicted octanol–water partition coefficient (Wildman–Crippen LogP) is 3.51. The van der Waals surface area contributed by atoms with Gasteiger partial charge in [0.2, 0.25) is 5.82 Å². The summed E-state index contributed by atoms with van der Waals surface area (Å²) in [5, 5.41) is 13.5. The number of hydrogen-bond donors (Lipinski definition) is 1. The zero-order valence-electron chi connectivity index (χ0n) is 14.9. The number of nitro benzene ring substituents is 1. The van der Waals surface area contributed by atoms with Crippen molar-refractivity contribution in [1.82, 2.24) is 0 Å². The topological polar surface area (TPSA) is 108 Å². The molecule has 1 atom stereocenters. The van der Waals surface area contributed by atoms with Gasteiger partial charge in [-0.3, -0.25) is 19.7 Å². The smallest absolute Gasteiger partial charge is 0.311 e. The molecular weight excluding hydrogens is 395 g/mol. The van der Waals surface area contributed by atoms with E-state index in [-0.39, 0.29) is 12.1 Å². The first-order valence-electron chi connectivity index (χ1n) is 7.98. The number of ether oxygens (including phenoxy) is 2. The number of nitrogens with one attached hydrogen (secondary N) is 1. The Morgan fingerprint density at radius 3 is 2.64 bits per heavy atom. The molecule has 0 heterocycles. The van der Waals surface area contributed by atoms with Crippen molar-refractivity contribution >= 4 is 34.9 Å². The second-order valence-electron chi connectivity index (χ2n) is 5.68. The fourth-order valence-corrected chi connectivity index (χ4v) is 2.50. The Balaban J connectivity index is 2.00. The van der Waals surface area contributed by atoms with Gasteiger partial charge in [-0.2, -0.15) is 4.39 Å². The first kappa shape index (κ1) is 21.1. The predicted molar refractivity (Wildman–Crippen MR) is 98.9 cm³/mol. The lowest BCUT2D eigenvalue weighted by molar-refractivity contribution is -0.387. The summed E-state index contributed by atoms with van der Waals surface area (Å²) in [6.07, 6.45) is -1.37. The number of carbonyl (C=O) groups is 2. The lowest BCUT2D eigenvalue weighted by Crippen LogP contribution is -2.30. The SMILES string of the molecule is COc1ccc(Cl)cc1CC(=O)O[C@@H](C)C(=O)Nc1ccc(F)c([N+](=O)[O-])c1. The summed E-state index contributed by atoms with van der Waals surface area (Å²) in [5.74, 6) is -2.02. The number of halogens is 2. The second-order valence-corrected chi connectivity index (χ2v) is 6.11. The zero-order valence-corrected chi connectivity index (χ0v) is 15.7. The molecule has 0 spiro atoms. The number of nitro groups is 1. The van der Waals surface area contributed by atoms with Gasteiger partial charge in [0.1, 0.15) is 5.75 Å². The van der Waals surface area contributed by atoms with Crippen molar-refractivity contribution in [3.05, 3.63) is 62.9 Å². The minimum Gasteiger partial charge on any atom is -0.496 e. The van der Waals surface area contributed by atoms with E-state index < -0.39 is 34.4 Å². The van der Waals surface area contributed by atoms with Crippen molar-refractivity contribution in [2.75, 3.05) is 12.4 Å². The number of methoxy groups -OCH3 is 1. The summed E-state index contributed by atoms with van der Waals surface area (Å²) >= 11 is 5.90. The molecule has 2 rings (SSSR count). The van der Waals surface area contributed by atoms with Crippen molar-refractivity contribution < 1.29 is 28.4 Å².